The minimum atomic E-state index is -0.185. The number of H-pyrrole nitrogens is 1. The molecule has 3 heterocycles. The molecule has 0 aliphatic carbocycles. The van der Waals surface area contributed by atoms with Crippen LogP contribution in [0.15, 0.2) is 53.5 Å². The molecule has 5 rings (SSSR count). The zero-order valence-corrected chi connectivity index (χ0v) is 23.6. The van der Waals surface area contributed by atoms with Gasteiger partial charge in [0.2, 0.25) is 0 Å². The first-order valence-corrected chi connectivity index (χ1v) is 13.7. The van der Waals surface area contributed by atoms with Crippen molar-refractivity contribution in [3.63, 3.8) is 0 Å². The Balaban J connectivity index is 1.49. The van der Waals surface area contributed by atoms with Crippen molar-refractivity contribution in [2.24, 2.45) is 0 Å². The summed E-state index contributed by atoms with van der Waals surface area (Å²) < 4.78 is 7.70. The molecule has 7 heteroatoms. The second-order valence-electron chi connectivity index (χ2n) is 10.9. The van der Waals surface area contributed by atoms with Crippen molar-refractivity contribution in [2.75, 3.05) is 26.3 Å². The molecule has 1 aliphatic rings. The van der Waals surface area contributed by atoms with E-state index in [1.807, 2.05) is 32.9 Å². The molecule has 0 saturated carbocycles. The Labute approximate surface area is 229 Å². The average Bonchev–Trinajstić information content (AvgIpc) is 3.25. The molecule has 1 fully saturated rings. The van der Waals surface area contributed by atoms with Crippen molar-refractivity contribution < 1.29 is 9.53 Å². The number of ether oxygens (including phenoxy) is 1. The number of amides is 1. The number of pyridine rings is 1. The number of carbonyl (C=O) groups excluding carboxylic acids is 1. The molecule has 2 aromatic carbocycles. The van der Waals surface area contributed by atoms with Gasteiger partial charge in [0.25, 0.3) is 11.5 Å². The molecule has 2 aromatic heterocycles. The lowest BCUT2D eigenvalue weighted by Crippen LogP contribution is -2.35. The zero-order chi connectivity index (χ0) is 27.7. The second-order valence-corrected chi connectivity index (χ2v) is 10.9. The normalized spacial score (nSPS) is 14.3. The number of morpholine rings is 1. The molecule has 0 spiro atoms. The smallest absolute Gasteiger partial charge is 0.253 e. The maximum absolute atomic E-state index is 13.7. The highest BCUT2D eigenvalue weighted by atomic mass is 16.5. The number of hydrogen-bond acceptors (Lipinski definition) is 4. The van der Waals surface area contributed by atoms with Gasteiger partial charge < -0.3 is 19.6 Å². The molecule has 7 nitrogen and oxygen atoms in total. The van der Waals surface area contributed by atoms with Crippen molar-refractivity contribution >= 4 is 16.8 Å². The quantitative estimate of drug-likeness (QED) is 0.344. The molecule has 39 heavy (non-hydrogen) atoms. The Morgan fingerprint density at radius 3 is 2.38 bits per heavy atom. The topological polar surface area (TPSA) is 79.4 Å². The van der Waals surface area contributed by atoms with E-state index in [2.05, 4.69) is 70.1 Å². The lowest BCUT2D eigenvalue weighted by Gasteiger charge is -2.26. The monoisotopic (exact) mass is 526 g/mol. The van der Waals surface area contributed by atoms with E-state index in [0.717, 1.165) is 71.7 Å². The van der Waals surface area contributed by atoms with Crippen LogP contribution in [0.2, 0.25) is 0 Å². The van der Waals surface area contributed by atoms with Crippen LogP contribution in [0.1, 0.15) is 58.2 Å². The van der Waals surface area contributed by atoms with E-state index in [9.17, 15) is 9.59 Å². The summed E-state index contributed by atoms with van der Waals surface area (Å²) in [6.45, 7) is 14.7. The number of hydrogen-bond donors (Lipinski definition) is 2. The summed E-state index contributed by atoms with van der Waals surface area (Å²) in [5, 5.41) is 3.97. The number of aromatic amines is 1. The Morgan fingerprint density at radius 1 is 1.00 bits per heavy atom. The van der Waals surface area contributed by atoms with Gasteiger partial charge in [-0.3, -0.25) is 14.5 Å². The maximum atomic E-state index is 13.7. The highest BCUT2D eigenvalue weighted by molar-refractivity contribution is 6.09. The fourth-order valence-corrected chi connectivity index (χ4v) is 5.55. The van der Waals surface area contributed by atoms with Crippen LogP contribution in [0, 0.1) is 20.8 Å². The Hall–Kier alpha value is -3.68. The van der Waals surface area contributed by atoms with Crippen LogP contribution >= 0.6 is 0 Å². The van der Waals surface area contributed by atoms with Crippen molar-refractivity contribution in [1.82, 2.24) is 19.8 Å². The summed E-state index contributed by atoms with van der Waals surface area (Å²) in [5.74, 6) is -0.185. The Morgan fingerprint density at radius 2 is 1.72 bits per heavy atom. The SMILES string of the molecule is Cc1cc(C)c(CNC(=O)c2cc(-c3ccc(CN4CCOCC4)cc3)cc3c2c(C)cn3C(C)C)c(=O)[nH]1. The molecular weight excluding hydrogens is 488 g/mol. The molecule has 4 aromatic rings. The van der Waals surface area contributed by atoms with Crippen molar-refractivity contribution in [3.05, 3.63) is 92.5 Å². The number of aromatic nitrogens is 2. The number of nitrogens with zero attached hydrogens (tertiary/aromatic N) is 2. The second kappa shape index (κ2) is 11.2. The van der Waals surface area contributed by atoms with Crippen LogP contribution in [0.3, 0.4) is 0 Å². The van der Waals surface area contributed by atoms with E-state index in [0.29, 0.717) is 11.1 Å². The third-order valence-corrected chi connectivity index (χ3v) is 7.64. The van der Waals surface area contributed by atoms with Gasteiger partial charge in [-0.25, -0.2) is 0 Å². The molecule has 1 saturated heterocycles. The van der Waals surface area contributed by atoms with E-state index in [-0.39, 0.29) is 24.1 Å². The zero-order valence-electron chi connectivity index (χ0n) is 23.6. The summed E-state index contributed by atoms with van der Waals surface area (Å²) in [6.07, 6.45) is 2.12. The molecule has 0 bridgehead atoms. The highest BCUT2D eigenvalue weighted by Crippen LogP contribution is 2.33. The molecule has 0 atom stereocenters. The van der Waals surface area contributed by atoms with Crippen LogP contribution < -0.4 is 10.9 Å². The number of carbonyl (C=O) groups is 1. The summed E-state index contributed by atoms with van der Waals surface area (Å²) in [5.41, 5.74) is 8.13. The van der Waals surface area contributed by atoms with Gasteiger partial charge in [-0.1, -0.05) is 24.3 Å². The largest absolute Gasteiger partial charge is 0.379 e. The van der Waals surface area contributed by atoms with Gasteiger partial charge >= 0.3 is 0 Å². The number of nitrogens with one attached hydrogen (secondary N) is 2. The lowest BCUT2D eigenvalue weighted by molar-refractivity contribution is 0.0342. The standard InChI is InChI=1S/C32H38N4O3/c1-20(2)36-18-22(4)30-27(31(37)33-17-28-21(3)14-23(5)34-32(28)38)15-26(16-29(30)36)25-8-6-24(7-9-25)19-35-10-12-39-13-11-35/h6-9,14-16,18,20H,10-13,17,19H2,1-5H3,(H,33,37)(H,34,38). The van der Waals surface area contributed by atoms with Crippen LogP contribution in [-0.4, -0.2) is 46.7 Å². The first kappa shape index (κ1) is 26.9. The maximum Gasteiger partial charge on any atom is 0.253 e. The number of rotatable bonds is 7. The average molecular weight is 527 g/mol. The minimum absolute atomic E-state index is 0.161. The van der Waals surface area contributed by atoms with E-state index in [1.165, 1.54) is 5.56 Å². The van der Waals surface area contributed by atoms with Crippen LogP contribution in [-0.2, 0) is 17.8 Å². The molecule has 1 aliphatic heterocycles. The lowest BCUT2D eigenvalue weighted by atomic mass is 9.97. The molecule has 0 radical (unpaired) electrons. The number of benzene rings is 2. The fourth-order valence-electron chi connectivity index (χ4n) is 5.55. The third kappa shape index (κ3) is 5.70. The van der Waals surface area contributed by atoms with Crippen LogP contribution in [0.5, 0.6) is 0 Å². The minimum Gasteiger partial charge on any atom is -0.379 e. The van der Waals surface area contributed by atoms with Gasteiger partial charge in [0.05, 0.1) is 13.2 Å². The first-order valence-electron chi connectivity index (χ1n) is 13.7. The van der Waals surface area contributed by atoms with Crippen LogP contribution in [0.25, 0.3) is 22.0 Å². The molecule has 1 amide bonds. The predicted octanol–water partition coefficient (Wildman–Crippen LogP) is 5.26. The summed E-state index contributed by atoms with van der Waals surface area (Å²) in [7, 11) is 0. The summed E-state index contributed by atoms with van der Waals surface area (Å²) >= 11 is 0. The van der Waals surface area contributed by atoms with E-state index >= 15 is 0 Å². The predicted molar refractivity (Wildman–Crippen MR) is 156 cm³/mol. The van der Waals surface area contributed by atoms with Gasteiger partial charge in [0.15, 0.2) is 0 Å². The molecule has 0 unspecified atom stereocenters. The number of fused-ring (bicyclic) bond motifs is 1. The van der Waals surface area contributed by atoms with Crippen LogP contribution in [0.4, 0.5) is 0 Å². The van der Waals surface area contributed by atoms with Gasteiger partial charge in [0.1, 0.15) is 0 Å². The van der Waals surface area contributed by atoms with Gasteiger partial charge in [-0.2, -0.15) is 0 Å². The third-order valence-electron chi connectivity index (χ3n) is 7.64. The van der Waals surface area contributed by atoms with Gasteiger partial charge in [-0.15, -0.1) is 0 Å². The van der Waals surface area contributed by atoms with E-state index in [4.69, 9.17) is 4.74 Å². The molecule has 204 valence electrons. The highest BCUT2D eigenvalue weighted by Gasteiger charge is 2.20. The first-order chi connectivity index (χ1) is 18.7. The number of aryl methyl sites for hydroxylation is 3. The molecular formula is C32H38N4O3. The van der Waals surface area contributed by atoms with Gasteiger partial charge in [0, 0.05) is 66.1 Å². The summed E-state index contributed by atoms with van der Waals surface area (Å²) in [6, 6.07) is 15.0. The Bertz CT molecular complexity index is 1560. The summed E-state index contributed by atoms with van der Waals surface area (Å²) in [4.78, 5) is 31.4. The van der Waals surface area contributed by atoms with Gasteiger partial charge in [-0.05, 0) is 80.6 Å². The molecule has 2 N–H and O–H groups in total. The van der Waals surface area contributed by atoms with Crippen molar-refractivity contribution in [3.8, 4) is 11.1 Å². The van der Waals surface area contributed by atoms with Crippen molar-refractivity contribution in [1.29, 1.82) is 0 Å². The van der Waals surface area contributed by atoms with Crippen molar-refractivity contribution in [2.45, 2.75) is 53.8 Å². The van der Waals surface area contributed by atoms with E-state index in [1.54, 1.807) is 0 Å². The fraction of sp³-hybridized carbons (Fsp3) is 0.375. The van der Waals surface area contributed by atoms with E-state index < -0.39 is 0 Å². The Kier molecular flexibility index (Phi) is 7.73.